The average molecular weight is 475 g/mol. The summed E-state index contributed by atoms with van der Waals surface area (Å²) in [7, 11) is 0. The largest absolute Gasteiger partial charge is 0.484 e. The fraction of sp³-hybridized carbons (Fsp3) is 0.450. The highest BCUT2D eigenvalue weighted by Gasteiger charge is 2.36. The van der Waals surface area contributed by atoms with Gasteiger partial charge in [-0.3, -0.25) is 9.69 Å². The van der Waals surface area contributed by atoms with Crippen LogP contribution in [0.4, 0.5) is 17.6 Å². The first-order chi connectivity index (χ1) is 15.2. The van der Waals surface area contributed by atoms with Gasteiger partial charge in [-0.1, -0.05) is 17.7 Å². The van der Waals surface area contributed by atoms with Crippen LogP contribution < -0.4 is 10.1 Å². The Labute approximate surface area is 185 Å². The van der Waals surface area contributed by atoms with E-state index in [4.69, 9.17) is 20.8 Å². The Morgan fingerprint density at radius 1 is 1.34 bits per heavy atom. The minimum Gasteiger partial charge on any atom is -0.484 e. The van der Waals surface area contributed by atoms with Gasteiger partial charge in [0.2, 0.25) is 11.8 Å². The Morgan fingerprint density at radius 2 is 2.12 bits per heavy atom. The molecule has 1 fully saturated rings. The van der Waals surface area contributed by atoms with Crippen molar-refractivity contribution >= 4 is 23.1 Å². The Hall–Kier alpha value is -2.66. The van der Waals surface area contributed by atoms with Crippen LogP contribution in [0.1, 0.15) is 30.5 Å². The number of nitrogens with one attached hydrogen (secondary N) is 1. The molecule has 1 aromatic heterocycles. The molecule has 1 aromatic carbocycles. The van der Waals surface area contributed by atoms with Crippen molar-refractivity contribution in [2.24, 2.45) is 0 Å². The zero-order valence-corrected chi connectivity index (χ0v) is 17.4. The molecule has 2 unspecified atom stereocenters. The van der Waals surface area contributed by atoms with Crippen LogP contribution in [0.15, 0.2) is 28.7 Å². The van der Waals surface area contributed by atoms with E-state index in [-0.39, 0.29) is 41.8 Å². The normalized spacial score (nSPS) is 21.2. The van der Waals surface area contributed by atoms with Crippen LogP contribution in [-0.2, 0) is 4.79 Å². The fourth-order valence-electron chi connectivity index (χ4n) is 3.62. The van der Waals surface area contributed by atoms with E-state index in [2.05, 4.69) is 15.5 Å². The fourth-order valence-corrected chi connectivity index (χ4v) is 3.74. The minimum atomic E-state index is -4.23. The van der Waals surface area contributed by atoms with Crippen molar-refractivity contribution < 1.29 is 31.5 Å². The molecule has 32 heavy (non-hydrogen) atoms. The van der Waals surface area contributed by atoms with Crippen molar-refractivity contribution in [2.75, 3.05) is 26.2 Å². The number of hydrogen-bond acceptors (Lipinski definition) is 6. The summed E-state index contributed by atoms with van der Waals surface area (Å²) in [5.74, 6) is -0.451. The summed E-state index contributed by atoms with van der Waals surface area (Å²) in [5, 5.41) is 10.7. The molecule has 0 saturated carbocycles. The van der Waals surface area contributed by atoms with E-state index < -0.39 is 18.5 Å². The average Bonchev–Trinajstić information content (AvgIpc) is 3.33. The Kier molecular flexibility index (Phi) is 6.38. The lowest BCUT2D eigenvalue weighted by Gasteiger charge is -2.24. The summed E-state index contributed by atoms with van der Waals surface area (Å²) in [6.07, 6.45) is -1.50. The molecule has 0 spiro atoms. The van der Waals surface area contributed by atoms with E-state index in [9.17, 15) is 22.4 Å². The Balaban J connectivity index is 1.24. The zero-order valence-electron chi connectivity index (χ0n) is 16.7. The quantitative estimate of drug-likeness (QED) is 0.618. The minimum absolute atomic E-state index is 0.0373. The van der Waals surface area contributed by atoms with Gasteiger partial charge in [0.05, 0.1) is 23.5 Å². The van der Waals surface area contributed by atoms with Crippen molar-refractivity contribution in [3.8, 4) is 5.75 Å². The molecule has 2 heterocycles. The molecule has 1 saturated heterocycles. The summed E-state index contributed by atoms with van der Waals surface area (Å²) in [5.41, 5.74) is 0.750. The lowest BCUT2D eigenvalue weighted by Crippen LogP contribution is -2.40. The molecule has 2 aliphatic rings. The van der Waals surface area contributed by atoms with Crippen molar-refractivity contribution in [3.05, 3.63) is 46.9 Å². The summed E-state index contributed by atoms with van der Waals surface area (Å²) in [6.45, 7) is -0.699. The topological polar surface area (TPSA) is 80.5 Å². The molecule has 2 aromatic rings. The van der Waals surface area contributed by atoms with Crippen LogP contribution >= 0.6 is 11.6 Å². The highest BCUT2D eigenvalue weighted by molar-refractivity contribution is 6.30. The van der Waals surface area contributed by atoms with E-state index >= 15 is 0 Å². The number of alkyl halides is 3. The third-order valence-electron chi connectivity index (χ3n) is 5.19. The summed E-state index contributed by atoms with van der Waals surface area (Å²) < 4.78 is 61.9. The molecule has 4 rings (SSSR count). The lowest BCUT2D eigenvalue weighted by atomic mass is 9.93. The number of likely N-dealkylation sites (tertiary alicyclic amines) is 1. The van der Waals surface area contributed by atoms with Gasteiger partial charge >= 0.3 is 6.18 Å². The van der Waals surface area contributed by atoms with Gasteiger partial charge in [-0.05, 0) is 25.1 Å². The maximum Gasteiger partial charge on any atom is 0.401 e. The molecular weight excluding hydrogens is 456 g/mol. The standard InChI is InChI=1S/C20H19ClF4N4O3/c21-15-2-1-14(7-16(15)22)31-9-17(30)26-13-5-12(6-13)19-28-27-18(32-19)11-3-4-29(8-11)10-20(23,24)25/h1-2,5,7,11,13H,3-4,6,8-10H2,(H,26,30). The molecule has 1 N–H and O–H groups in total. The first kappa shape index (κ1) is 22.5. The summed E-state index contributed by atoms with van der Waals surface area (Å²) in [6, 6.07) is 3.65. The van der Waals surface area contributed by atoms with Crippen molar-refractivity contribution in [1.29, 1.82) is 0 Å². The number of carbonyl (C=O) groups is 1. The van der Waals surface area contributed by atoms with E-state index in [1.165, 1.54) is 17.0 Å². The van der Waals surface area contributed by atoms with Crippen molar-refractivity contribution in [2.45, 2.75) is 31.0 Å². The molecule has 7 nitrogen and oxygen atoms in total. The first-order valence-electron chi connectivity index (χ1n) is 9.87. The van der Waals surface area contributed by atoms with Crippen LogP contribution in [0.25, 0.3) is 5.57 Å². The SMILES string of the molecule is O=C(COc1ccc(Cl)c(F)c1)NC1C=C(c2nnc(C3CCN(CC(F)(F)F)C3)o2)C1. The predicted molar refractivity (Wildman–Crippen MR) is 106 cm³/mol. The smallest absolute Gasteiger partial charge is 0.401 e. The Morgan fingerprint density at radius 3 is 2.84 bits per heavy atom. The van der Waals surface area contributed by atoms with E-state index in [1.807, 2.05) is 0 Å². The van der Waals surface area contributed by atoms with Crippen LogP contribution in [0, 0.1) is 5.82 Å². The van der Waals surface area contributed by atoms with Gasteiger partial charge < -0.3 is 14.5 Å². The van der Waals surface area contributed by atoms with Gasteiger partial charge in [0.1, 0.15) is 11.6 Å². The van der Waals surface area contributed by atoms with E-state index in [0.717, 1.165) is 11.6 Å². The predicted octanol–water partition coefficient (Wildman–Crippen LogP) is 3.56. The third-order valence-corrected chi connectivity index (χ3v) is 5.50. The van der Waals surface area contributed by atoms with Gasteiger partial charge in [-0.15, -0.1) is 10.2 Å². The second-order valence-corrected chi connectivity index (χ2v) is 8.12. The number of carbonyl (C=O) groups excluding carboxylic acids is 1. The Bertz CT molecular complexity index is 1030. The second kappa shape index (κ2) is 9.07. The molecule has 1 amide bonds. The van der Waals surface area contributed by atoms with E-state index in [0.29, 0.717) is 31.2 Å². The zero-order chi connectivity index (χ0) is 22.9. The molecule has 0 radical (unpaired) electrons. The number of rotatable bonds is 7. The van der Waals surface area contributed by atoms with Crippen LogP contribution in [0.5, 0.6) is 5.75 Å². The van der Waals surface area contributed by atoms with Gasteiger partial charge in [-0.2, -0.15) is 13.2 Å². The van der Waals surface area contributed by atoms with Crippen LogP contribution in [-0.4, -0.2) is 59.5 Å². The van der Waals surface area contributed by atoms with Gasteiger partial charge in [0.25, 0.3) is 5.91 Å². The maximum atomic E-state index is 13.4. The molecule has 1 aliphatic heterocycles. The van der Waals surface area contributed by atoms with E-state index in [1.54, 1.807) is 6.08 Å². The highest BCUT2D eigenvalue weighted by atomic mass is 35.5. The summed E-state index contributed by atoms with van der Waals surface area (Å²) >= 11 is 5.59. The number of aromatic nitrogens is 2. The number of halogens is 5. The van der Waals surface area contributed by atoms with Crippen LogP contribution in [0.3, 0.4) is 0 Å². The number of benzene rings is 1. The van der Waals surface area contributed by atoms with Crippen molar-refractivity contribution in [3.63, 3.8) is 0 Å². The molecule has 0 bridgehead atoms. The monoisotopic (exact) mass is 474 g/mol. The van der Waals surface area contributed by atoms with Gasteiger partial charge in [0.15, 0.2) is 6.61 Å². The van der Waals surface area contributed by atoms with Crippen LogP contribution in [0.2, 0.25) is 5.02 Å². The highest BCUT2D eigenvalue weighted by Crippen LogP contribution is 2.33. The molecule has 172 valence electrons. The second-order valence-electron chi connectivity index (χ2n) is 7.72. The molecule has 2 atom stereocenters. The number of amides is 1. The van der Waals surface area contributed by atoms with Crippen molar-refractivity contribution in [1.82, 2.24) is 20.4 Å². The molecular formula is C20H19ClF4N4O3. The van der Waals surface area contributed by atoms with Gasteiger partial charge in [0, 0.05) is 24.6 Å². The number of ether oxygens (including phenoxy) is 1. The number of nitrogens with zero attached hydrogens (tertiary/aromatic N) is 3. The third kappa shape index (κ3) is 5.57. The summed E-state index contributed by atoms with van der Waals surface area (Å²) in [4.78, 5) is 13.3. The number of hydrogen-bond donors (Lipinski definition) is 1. The first-order valence-corrected chi connectivity index (χ1v) is 10.2. The molecule has 12 heteroatoms. The van der Waals surface area contributed by atoms with Gasteiger partial charge in [-0.25, -0.2) is 4.39 Å². The lowest BCUT2D eigenvalue weighted by molar-refractivity contribution is -0.143. The molecule has 1 aliphatic carbocycles. The maximum absolute atomic E-state index is 13.4.